The Kier molecular flexibility index (Phi) is 5.89. The van der Waals surface area contributed by atoms with Crippen molar-refractivity contribution in [1.29, 1.82) is 0 Å². The summed E-state index contributed by atoms with van der Waals surface area (Å²) in [4.78, 5) is 57.5. The van der Waals surface area contributed by atoms with Crippen LogP contribution in [0.15, 0.2) is 104 Å². The lowest BCUT2D eigenvalue weighted by atomic mass is 9.84. The van der Waals surface area contributed by atoms with Crippen LogP contribution in [0, 0.1) is 0 Å². The number of fused-ring (bicyclic) bond motifs is 2. The van der Waals surface area contributed by atoms with E-state index in [9.17, 15) is 24.3 Å². The number of benzene rings is 3. The van der Waals surface area contributed by atoms with E-state index in [0.29, 0.717) is 11.3 Å². The lowest BCUT2D eigenvalue weighted by molar-refractivity contribution is -0.279. The number of para-hydroxylation sites is 3. The summed E-state index contributed by atoms with van der Waals surface area (Å²) in [7, 11) is 0. The van der Waals surface area contributed by atoms with Gasteiger partial charge >= 0.3 is 11.4 Å². The quantitative estimate of drug-likeness (QED) is 0.327. The van der Waals surface area contributed by atoms with Crippen LogP contribution in [0.3, 0.4) is 0 Å². The first-order valence-corrected chi connectivity index (χ1v) is 11.3. The Bertz CT molecular complexity index is 1900. The molecule has 0 fully saturated rings. The molecule has 3 heterocycles. The number of hydrogen-bond donors (Lipinski definition) is 3. The van der Waals surface area contributed by atoms with Gasteiger partial charge in [0, 0.05) is 16.8 Å². The fourth-order valence-corrected chi connectivity index (χ4v) is 4.65. The molecule has 11 nitrogen and oxygen atoms in total. The maximum atomic E-state index is 13.9. The van der Waals surface area contributed by atoms with Gasteiger partial charge in [-0.15, -0.1) is 0 Å². The standard InChI is InChI=1S/C27H18N4O6.H3N/c32-22-20(24(33)30(26(35)28-22)15-9-3-1-4-10-15)19-17-13-7-8-14-18(17)37-23-21(19)25(34)31(27(36)29-23)16-11-5-2-6-12-16;/h1-14,19,33H,(H,29,36)(H,28,32,35);1H3. The number of aromatic amines is 2. The average Bonchev–Trinajstić information content (AvgIpc) is 2.89. The van der Waals surface area contributed by atoms with Crippen molar-refractivity contribution in [2.75, 3.05) is 0 Å². The molecule has 1 atom stereocenters. The van der Waals surface area contributed by atoms with E-state index in [4.69, 9.17) is 4.74 Å². The van der Waals surface area contributed by atoms with Crippen molar-refractivity contribution in [1.82, 2.24) is 25.3 Å². The smallest absolute Gasteiger partial charge is 0.335 e. The second kappa shape index (κ2) is 9.22. The molecule has 2 aromatic heterocycles. The van der Waals surface area contributed by atoms with E-state index in [2.05, 4.69) is 9.97 Å². The highest BCUT2D eigenvalue weighted by Gasteiger charge is 2.36. The molecule has 5 aromatic rings. The fourth-order valence-electron chi connectivity index (χ4n) is 4.65. The van der Waals surface area contributed by atoms with Crippen molar-refractivity contribution in [3.63, 3.8) is 0 Å². The van der Waals surface area contributed by atoms with Gasteiger partial charge in [0.1, 0.15) is 5.75 Å². The molecular weight excluding hydrogens is 490 g/mol. The minimum absolute atomic E-state index is 0. The number of ether oxygens (including phenoxy) is 1. The normalized spacial score (nSPS) is 13.5. The highest BCUT2D eigenvalue weighted by molar-refractivity contribution is 5.58. The second-order valence-corrected chi connectivity index (χ2v) is 8.37. The monoisotopic (exact) mass is 511 g/mol. The molecule has 0 amide bonds. The predicted molar refractivity (Wildman–Crippen MR) is 138 cm³/mol. The molecule has 38 heavy (non-hydrogen) atoms. The third-order valence-corrected chi connectivity index (χ3v) is 6.25. The topological polar surface area (TPSA) is 179 Å². The molecule has 3 aromatic carbocycles. The van der Waals surface area contributed by atoms with Crippen molar-refractivity contribution in [2.45, 2.75) is 5.92 Å². The third kappa shape index (κ3) is 3.65. The molecule has 0 bridgehead atoms. The maximum absolute atomic E-state index is 13.9. The van der Waals surface area contributed by atoms with Crippen LogP contribution in [0.2, 0.25) is 0 Å². The number of quaternary nitrogens is 1. The summed E-state index contributed by atoms with van der Waals surface area (Å²) >= 11 is 0. The lowest BCUT2D eigenvalue weighted by Gasteiger charge is -2.30. The molecule has 0 spiro atoms. The Labute approximate surface area is 213 Å². The van der Waals surface area contributed by atoms with E-state index in [1.54, 1.807) is 84.9 Å². The first-order chi connectivity index (χ1) is 18.0. The summed E-state index contributed by atoms with van der Waals surface area (Å²) in [5, 5.41) is 13.8. The van der Waals surface area contributed by atoms with Gasteiger partial charge in [-0.2, -0.15) is 0 Å². The van der Waals surface area contributed by atoms with Gasteiger partial charge in [0.2, 0.25) is 5.88 Å². The number of aromatic nitrogens is 4. The highest BCUT2D eigenvalue weighted by atomic mass is 16.5. The van der Waals surface area contributed by atoms with Gasteiger partial charge in [0.05, 0.1) is 17.2 Å². The Morgan fingerprint density at radius 2 is 1.24 bits per heavy atom. The summed E-state index contributed by atoms with van der Waals surface area (Å²) in [5.74, 6) is -2.04. The number of nitrogens with zero attached hydrogens (tertiary/aromatic N) is 2. The van der Waals surface area contributed by atoms with Crippen LogP contribution in [-0.4, -0.2) is 19.1 Å². The molecule has 1 aliphatic heterocycles. The molecule has 0 saturated carbocycles. The van der Waals surface area contributed by atoms with Gasteiger partial charge in [-0.3, -0.25) is 24.1 Å². The molecular formula is C27H21N5O6. The minimum atomic E-state index is -1.23. The molecule has 0 saturated heterocycles. The van der Waals surface area contributed by atoms with E-state index in [-0.39, 0.29) is 34.6 Å². The van der Waals surface area contributed by atoms with Crippen molar-refractivity contribution in [3.05, 3.63) is 143 Å². The molecule has 0 radical (unpaired) electrons. The number of nitrogens with one attached hydrogen (secondary N) is 2. The van der Waals surface area contributed by atoms with Crippen LogP contribution >= 0.6 is 0 Å². The second-order valence-electron chi connectivity index (χ2n) is 8.37. The fraction of sp³-hybridized carbons (Fsp3) is 0.0370. The van der Waals surface area contributed by atoms with Crippen LogP contribution in [0.25, 0.3) is 11.4 Å². The minimum Gasteiger partial charge on any atom is -0.859 e. The summed E-state index contributed by atoms with van der Waals surface area (Å²) < 4.78 is 7.60. The summed E-state index contributed by atoms with van der Waals surface area (Å²) in [6.07, 6.45) is 0. The Balaban J connectivity index is 0.00000294. The zero-order valence-corrected chi connectivity index (χ0v) is 20.0. The molecule has 6 rings (SSSR count). The molecule has 190 valence electrons. The predicted octanol–water partition coefficient (Wildman–Crippen LogP) is 2.10. The average molecular weight is 511 g/mol. The van der Waals surface area contributed by atoms with Crippen LogP contribution < -0.4 is 38.5 Å². The van der Waals surface area contributed by atoms with Gasteiger partial charge < -0.3 is 16.0 Å². The van der Waals surface area contributed by atoms with E-state index in [0.717, 1.165) is 9.13 Å². The largest absolute Gasteiger partial charge is 0.859 e. The maximum Gasteiger partial charge on any atom is 0.335 e. The Hall–Kier alpha value is -5.42. The van der Waals surface area contributed by atoms with Crippen LogP contribution in [0.1, 0.15) is 22.6 Å². The summed E-state index contributed by atoms with van der Waals surface area (Å²) in [5.41, 5.74) is -2.93. The highest BCUT2D eigenvalue weighted by Crippen LogP contribution is 2.45. The van der Waals surface area contributed by atoms with Crippen molar-refractivity contribution < 1.29 is 9.84 Å². The van der Waals surface area contributed by atoms with Gasteiger partial charge in [0.15, 0.2) is 0 Å². The van der Waals surface area contributed by atoms with Crippen LogP contribution in [0.5, 0.6) is 17.5 Å². The molecule has 1 aliphatic rings. The number of rotatable bonds is 3. The van der Waals surface area contributed by atoms with Gasteiger partial charge in [-0.1, -0.05) is 54.6 Å². The zero-order chi connectivity index (χ0) is 25.7. The SMILES string of the molecule is O=c1[nH]c(=O)n(-c2ccccc2)c([O-])c1C1c2ccccc2Oc2[nH]c(=O)n(-c3ccccc3)c(=O)c21.[NH4+]. The van der Waals surface area contributed by atoms with Crippen molar-refractivity contribution in [3.8, 4) is 28.9 Å². The van der Waals surface area contributed by atoms with Crippen LogP contribution in [-0.2, 0) is 0 Å². The molecule has 1 unspecified atom stereocenters. The Morgan fingerprint density at radius 3 is 1.89 bits per heavy atom. The molecule has 0 aliphatic carbocycles. The third-order valence-electron chi connectivity index (χ3n) is 6.25. The number of hydrogen-bond acceptors (Lipinski definition) is 6. The van der Waals surface area contributed by atoms with E-state index < -0.39 is 34.3 Å². The molecule has 11 heteroatoms. The van der Waals surface area contributed by atoms with Gasteiger partial charge in [-0.25, -0.2) is 14.2 Å². The van der Waals surface area contributed by atoms with Crippen LogP contribution in [0.4, 0.5) is 0 Å². The lowest BCUT2D eigenvalue weighted by Crippen LogP contribution is -2.41. The van der Waals surface area contributed by atoms with E-state index in [1.807, 2.05) is 0 Å². The van der Waals surface area contributed by atoms with Crippen molar-refractivity contribution >= 4 is 0 Å². The van der Waals surface area contributed by atoms with Gasteiger partial charge in [-0.05, 0) is 36.2 Å². The first kappa shape index (κ1) is 24.3. The number of H-pyrrole nitrogens is 2. The van der Waals surface area contributed by atoms with E-state index in [1.165, 1.54) is 0 Å². The summed E-state index contributed by atoms with van der Waals surface area (Å²) in [6, 6.07) is 22.9. The molecule has 6 N–H and O–H groups in total. The first-order valence-electron chi connectivity index (χ1n) is 11.3. The Morgan fingerprint density at radius 1 is 0.684 bits per heavy atom. The zero-order valence-electron chi connectivity index (χ0n) is 20.0. The van der Waals surface area contributed by atoms with Gasteiger partial charge in [0.25, 0.3) is 11.1 Å². The van der Waals surface area contributed by atoms with E-state index >= 15 is 0 Å². The summed E-state index contributed by atoms with van der Waals surface area (Å²) in [6.45, 7) is 0. The van der Waals surface area contributed by atoms with Crippen molar-refractivity contribution in [2.24, 2.45) is 0 Å².